The second-order valence-corrected chi connectivity index (χ2v) is 5.58. The monoisotopic (exact) mass is 366 g/mol. The van der Waals surface area contributed by atoms with E-state index in [1.165, 1.54) is 20.1 Å². The molecule has 0 spiro atoms. The fourth-order valence-electron chi connectivity index (χ4n) is 2.67. The average molecular weight is 366 g/mol. The highest BCUT2D eigenvalue weighted by Crippen LogP contribution is 2.35. The van der Waals surface area contributed by atoms with Gasteiger partial charge in [0.2, 0.25) is 5.91 Å². The molecule has 0 aliphatic rings. The molecule has 6 nitrogen and oxygen atoms in total. The first-order valence-corrected chi connectivity index (χ1v) is 8.41. The zero-order valence-electron chi connectivity index (χ0n) is 15.8. The second-order valence-electron chi connectivity index (χ2n) is 5.58. The van der Waals surface area contributed by atoms with Crippen LogP contribution in [0.5, 0.6) is 17.2 Å². The van der Waals surface area contributed by atoms with Crippen molar-refractivity contribution in [3.05, 3.63) is 53.6 Å². The van der Waals surface area contributed by atoms with Crippen LogP contribution in [-0.2, 0) is 4.79 Å². The number of nitrogens with zero attached hydrogens (tertiary/aromatic N) is 1. The van der Waals surface area contributed by atoms with Gasteiger partial charge in [-0.15, -0.1) is 0 Å². The Hall–Kier alpha value is -3.46. The molecule has 2 rings (SSSR count). The third-order valence-corrected chi connectivity index (χ3v) is 3.80. The highest BCUT2D eigenvalue weighted by Gasteiger charge is 2.13. The minimum absolute atomic E-state index is 0.209. The summed E-state index contributed by atoms with van der Waals surface area (Å²) in [6.07, 6.45) is 1.46. The summed E-state index contributed by atoms with van der Waals surface area (Å²) in [7, 11) is 3.11. The number of amides is 1. The molecule has 0 saturated carbocycles. The van der Waals surface area contributed by atoms with Crippen LogP contribution in [-0.4, -0.2) is 26.7 Å². The maximum absolute atomic E-state index is 11.5. The summed E-state index contributed by atoms with van der Waals surface area (Å²) in [6.45, 7) is 3.81. The van der Waals surface area contributed by atoms with E-state index in [1.807, 2.05) is 25.1 Å². The van der Waals surface area contributed by atoms with Crippen molar-refractivity contribution >= 4 is 17.2 Å². The lowest BCUT2D eigenvalue weighted by molar-refractivity contribution is -0.114. The molecule has 0 heterocycles. The number of hydrogen-bond donors (Lipinski definition) is 1. The van der Waals surface area contributed by atoms with Crippen molar-refractivity contribution in [1.29, 1.82) is 5.26 Å². The molecule has 1 amide bonds. The number of rotatable bonds is 7. The standard InChI is InChI=1S/C21H22N2O4/c1-5-27-21-13-16(7-9-20(21)26-4)17(10-11-22)15-6-8-19(25-3)18(12-15)23-14(2)24/h6-10,12-13H,5H2,1-4H3,(H,23,24)/b17-10-. The quantitative estimate of drug-likeness (QED) is 0.749. The molecule has 6 heteroatoms. The van der Waals surface area contributed by atoms with Gasteiger partial charge in [-0.2, -0.15) is 5.26 Å². The summed E-state index contributed by atoms with van der Waals surface area (Å²) in [6, 6.07) is 12.9. The third-order valence-electron chi connectivity index (χ3n) is 3.80. The predicted molar refractivity (Wildman–Crippen MR) is 104 cm³/mol. The Balaban J connectivity index is 2.56. The molecule has 1 N–H and O–H groups in total. The Kier molecular flexibility index (Phi) is 6.84. The summed E-state index contributed by atoms with van der Waals surface area (Å²) >= 11 is 0. The molecule has 140 valence electrons. The molecule has 0 radical (unpaired) electrons. The lowest BCUT2D eigenvalue weighted by Crippen LogP contribution is -2.07. The molecule has 27 heavy (non-hydrogen) atoms. The molecule has 0 unspecified atom stereocenters. The molecule has 0 saturated heterocycles. The Labute approximate surface area is 159 Å². The Morgan fingerprint density at radius 3 is 2.26 bits per heavy atom. The molecule has 0 aliphatic heterocycles. The van der Waals surface area contributed by atoms with Gasteiger partial charge in [-0.05, 0) is 47.9 Å². The van der Waals surface area contributed by atoms with E-state index in [0.29, 0.717) is 35.1 Å². The minimum Gasteiger partial charge on any atom is -0.495 e. The summed E-state index contributed by atoms with van der Waals surface area (Å²) in [5, 5.41) is 12.0. The van der Waals surface area contributed by atoms with E-state index in [9.17, 15) is 10.1 Å². The van der Waals surface area contributed by atoms with Gasteiger partial charge in [0, 0.05) is 13.0 Å². The fourth-order valence-corrected chi connectivity index (χ4v) is 2.67. The number of nitriles is 1. The van der Waals surface area contributed by atoms with Crippen LogP contribution in [0, 0.1) is 11.3 Å². The average Bonchev–Trinajstić information content (AvgIpc) is 2.66. The van der Waals surface area contributed by atoms with Crippen molar-refractivity contribution in [2.45, 2.75) is 13.8 Å². The van der Waals surface area contributed by atoms with Crippen LogP contribution in [0.1, 0.15) is 25.0 Å². The second kappa shape index (κ2) is 9.30. The van der Waals surface area contributed by atoms with Crippen molar-refractivity contribution in [3.63, 3.8) is 0 Å². The van der Waals surface area contributed by atoms with Gasteiger partial charge in [-0.3, -0.25) is 4.79 Å². The van der Waals surface area contributed by atoms with Crippen LogP contribution >= 0.6 is 0 Å². The Morgan fingerprint density at radius 1 is 1.07 bits per heavy atom. The number of ether oxygens (including phenoxy) is 3. The van der Waals surface area contributed by atoms with Gasteiger partial charge in [-0.1, -0.05) is 12.1 Å². The van der Waals surface area contributed by atoms with Gasteiger partial charge in [-0.25, -0.2) is 0 Å². The lowest BCUT2D eigenvalue weighted by atomic mass is 9.96. The number of hydrogen-bond acceptors (Lipinski definition) is 5. The number of anilines is 1. The van der Waals surface area contributed by atoms with Crippen LogP contribution in [0.3, 0.4) is 0 Å². The largest absolute Gasteiger partial charge is 0.495 e. The SMILES string of the molecule is CCOc1cc(/C(=C\C#N)c2ccc(OC)c(NC(C)=O)c2)ccc1OC. The first-order chi connectivity index (χ1) is 13.0. The van der Waals surface area contributed by atoms with Crippen molar-refractivity contribution in [2.24, 2.45) is 0 Å². The van der Waals surface area contributed by atoms with E-state index in [2.05, 4.69) is 11.4 Å². The molecule has 0 aliphatic carbocycles. The van der Waals surface area contributed by atoms with Gasteiger partial charge in [0.15, 0.2) is 11.5 Å². The minimum atomic E-state index is -0.209. The summed E-state index contributed by atoms with van der Waals surface area (Å²) < 4.78 is 16.2. The summed E-state index contributed by atoms with van der Waals surface area (Å²) in [4.78, 5) is 11.5. The highest BCUT2D eigenvalue weighted by molar-refractivity contribution is 5.92. The summed E-state index contributed by atoms with van der Waals surface area (Å²) in [5.74, 6) is 1.54. The molecular formula is C21H22N2O4. The van der Waals surface area contributed by atoms with Gasteiger partial charge >= 0.3 is 0 Å². The topological polar surface area (TPSA) is 80.6 Å². The van der Waals surface area contributed by atoms with Gasteiger partial charge in [0.1, 0.15) is 5.75 Å². The van der Waals surface area contributed by atoms with Crippen LogP contribution < -0.4 is 19.5 Å². The number of nitrogens with one attached hydrogen (secondary N) is 1. The number of carbonyl (C=O) groups is 1. The van der Waals surface area contributed by atoms with Crippen LogP contribution in [0.4, 0.5) is 5.69 Å². The van der Waals surface area contributed by atoms with Crippen molar-refractivity contribution in [2.75, 3.05) is 26.1 Å². The first-order valence-electron chi connectivity index (χ1n) is 8.41. The number of benzene rings is 2. The first kappa shape index (κ1) is 19.9. The van der Waals surface area contributed by atoms with E-state index >= 15 is 0 Å². The predicted octanol–water partition coefficient (Wildman–Crippen LogP) is 4.02. The third kappa shape index (κ3) is 4.79. The molecule has 0 fully saturated rings. The maximum Gasteiger partial charge on any atom is 0.221 e. The molecular weight excluding hydrogens is 344 g/mol. The molecule has 0 aromatic heterocycles. The molecule has 0 bridgehead atoms. The Bertz CT molecular complexity index is 898. The van der Waals surface area contributed by atoms with E-state index in [4.69, 9.17) is 14.2 Å². The normalized spacial score (nSPS) is 10.7. The highest BCUT2D eigenvalue weighted by atomic mass is 16.5. The number of allylic oxidation sites excluding steroid dienone is 1. The molecule has 0 atom stereocenters. The van der Waals surface area contributed by atoms with Crippen LogP contribution in [0.2, 0.25) is 0 Å². The van der Waals surface area contributed by atoms with Gasteiger partial charge < -0.3 is 19.5 Å². The zero-order valence-corrected chi connectivity index (χ0v) is 15.8. The van der Waals surface area contributed by atoms with E-state index < -0.39 is 0 Å². The van der Waals surface area contributed by atoms with Crippen LogP contribution in [0.15, 0.2) is 42.5 Å². The fraction of sp³-hybridized carbons (Fsp3) is 0.238. The molecule has 2 aromatic rings. The maximum atomic E-state index is 11.5. The summed E-state index contributed by atoms with van der Waals surface area (Å²) in [5.41, 5.74) is 2.77. The van der Waals surface area contributed by atoms with Crippen LogP contribution in [0.25, 0.3) is 5.57 Å². The van der Waals surface area contributed by atoms with Gasteiger partial charge in [0.25, 0.3) is 0 Å². The Morgan fingerprint density at radius 2 is 1.70 bits per heavy atom. The van der Waals surface area contributed by atoms with E-state index in [1.54, 1.807) is 25.3 Å². The zero-order chi connectivity index (χ0) is 19.8. The lowest BCUT2D eigenvalue weighted by Gasteiger charge is -2.15. The number of carbonyl (C=O) groups excluding carboxylic acids is 1. The molecule has 2 aromatic carbocycles. The van der Waals surface area contributed by atoms with E-state index in [-0.39, 0.29) is 5.91 Å². The number of methoxy groups -OCH3 is 2. The van der Waals surface area contributed by atoms with E-state index in [0.717, 1.165) is 11.1 Å². The van der Waals surface area contributed by atoms with Crippen molar-refractivity contribution in [1.82, 2.24) is 0 Å². The smallest absolute Gasteiger partial charge is 0.221 e. The van der Waals surface area contributed by atoms with Crippen molar-refractivity contribution in [3.8, 4) is 23.3 Å². The van der Waals surface area contributed by atoms with Gasteiger partial charge in [0.05, 0.1) is 32.6 Å². The van der Waals surface area contributed by atoms with Crippen molar-refractivity contribution < 1.29 is 19.0 Å².